The summed E-state index contributed by atoms with van der Waals surface area (Å²) in [6.07, 6.45) is 3.63. The van der Waals surface area contributed by atoms with E-state index in [2.05, 4.69) is 145 Å². The van der Waals surface area contributed by atoms with Crippen LogP contribution in [0.1, 0.15) is 0 Å². The van der Waals surface area contributed by atoms with E-state index in [9.17, 15) is 0 Å². The standard InChI is InChI=1S/C50H30N4S2/c1-2-8-33(9-3-1)48-52-49(34-16-14-31(15-17-34)32-22-24-51-25-23-32)54-50(53-48)39-27-37(35-18-20-46-42(29-35)40-10-4-6-12-44(40)55-46)26-38(28-39)36-19-21-47-43(30-36)41-11-5-7-13-45(41)56-47/h1-30H. The van der Waals surface area contributed by atoms with Gasteiger partial charge in [0, 0.05) is 69.4 Å². The summed E-state index contributed by atoms with van der Waals surface area (Å²) in [4.78, 5) is 19.6. The van der Waals surface area contributed by atoms with E-state index in [4.69, 9.17) is 15.0 Å². The first kappa shape index (κ1) is 32.6. The average molecular weight is 751 g/mol. The largest absolute Gasteiger partial charge is 0.265 e. The number of hydrogen-bond donors (Lipinski definition) is 0. The minimum atomic E-state index is 0.624. The Morgan fingerprint density at radius 2 is 0.679 bits per heavy atom. The summed E-state index contributed by atoms with van der Waals surface area (Å²) in [5, 5.41) is 5.10. The Morgan fingerprint density at radius 3 is 1.25 bits per heavy atom. The number of nitrogens with zero attached hydrogens (tertiary/aromatic N) is 4. The smallest absolute Gasteiger partial charge is 0.164 e. The lowest BCUT2D eigenvalue weighted by Crippen LogP contribution is -2.00. The second-order valence-corrected chi connectivity index (χ2v) is 16.1. The Morgan fingerprint density at radius 1 is 0.268 bits per heavy atom. The van der Waals surface area contributed by atoms with Crippen molar-refractivity contribution in [2.75, 3.05) is 0 Å². The molecule has 262 valence electrons. The zero-order valence-electron chi connectivity index (χ0n) is 29.9. The first-order chi connectivity index (χ1) is 27.7. The number of rotatable bonds is 6. The Labute approximate surface area is 331 Å². The first-order valence-electron chi connectivity index (χ1n) is 18.5. The molecule has 0 fully saturated rings. The quantitative estimate of drug-likeness (QED) is 0.170. The molecule has 0 saturated carbocycles. The van der Waals surface area contributed by atoms with Crippen LogP contribution < -0.4 is 0 Å². The lowest BCUT2D eigenvalue weighted by atomic mass is 9.94. The molecule has 0 amide bonds. The maximum atomic E-state index is 5.21. The van der Waals surface area contributed by atoms with Gasteiger partial charge in [-0.15, -0.1) is 22.7 Å². The number of benzene rings is 7. The molecule has 0 aliphatic heterocycles. The number of hydrogen-bond acceptors (Lipinski definition) is 6. The van der Waals surface area contributed by atoms with Crippen LogP contribution in [0.2, 0.25) is 0 Å². The van der Waals surface area contributed by atoms with Crippen LogP contribution in [-0.4, -0.2) is 19.9 Å². The summed E-state index contributed by atoms with van der Waals surface area (Å²) in [6, 6.07) is 60.4. The fourth-order valence-electron chi connectivity index (χ4n) is 7.61. The van der Waals surface area contributed by atoms with Gasteiger partial charge in [0.15, 0.2) is 17.5 Å². The molecule has 56 heavy (non-hydrogen) atoms. The number of pyridine rings is 1. The van der Waals surface area contributed by atoms with E-state index in [1.807, 2.05) is 65.4 Å². The molecule has 4 nitrogen and oxygen atoms in total. The van der Waals surface area contributed by atoms with Gasteiger partial charge in [0.05, 0.1) is 0 Å². The van der Waals surface area contributed by atoms with Gasteiger partial charge in [0.25, 0.3) is 0 Å². The van der Waals surface area contributed by atoms with Crippen LogP contribution in [0.15, 0.2) is 182 Å². The molecule has 0 spiro atoms. The SMILES string of the molecule is c1ccc(-c2nc(-c3ccc(-c4ccncc4)cc3)nc(-c3cc(-c4ccc5sc6ccccc6c5c4)cc(-c4ccc5sc6ccccc6c5c4)c3)n2)cc1. The predicted molar refractivity (Wildman–Crippen MR) is 236 cm³/mol. The Balaban J connectivity index is 1.11. The number of fused-ring (bicyclic) bond motifs is 6. The van der Waals surface area contributed by atoms with Gasteiger partial charge in [-0.3, -0.25) is 4.98 Å². The summed E-state index contributed by atoms with van der Waals surface area (Å²) in [6.45, 7) is 0. The molecule has 11 rings (SSSR count). The normalized spacial score (nSPS) is 11.6. The third-order valence-corrected chi connectivity index (χ3v) is 12.7. The maximum absolute atomic E-state index is 5.21. The fourth-order valence-corrected chi connectivity index (χ4v) is 9.78. The minimum absolute atomic E-state index is 0.624. The van der Waals surface area contributed by atoms with E-state index in [1.54, 1.807) is 0 Å². The number of thiophene rings is 2. The number of aromatic nitrogens is 4. The lowest BCUT2D eigenvalue weighted by molar-refractivity contribution is 1.07. The van der Waals surface area contributed by atoms with Gasteiger partial charge >= 0.3 is 0 Å². The topological polar surface area (TPSA) is 51.6 Å². The molecule has 0 bridgehead atoms. The van der Waals surface area contributed by atoms with Crippen molar-refractivity contribution in [3.8, 4) is 67.5 Å². The molecule has 11 aromatic rings. The van der Waals surface area contributed by atoms with Crippen molar-refractivity contribution >= 4 is 63.0 Å². The average Bonchev–Trinajstić information content (AvgIpc) is 3.84. The zero-order valence-corrected chi connectivity index (χ0v) is 31.6. The van der Waals surface area contributed by atoms with Crippen LogP contribution in [0.5, 0.6) is 0 Å². The highest BCUT2D eigenvalue weighted by Crippen LogP contribution is 2.41. The molecular weight excluding hydrogens is 721 g/mol. The van der Waals surface area contributed by atoms with Gasteiger partial charge < -0.3 is 0 Å². The van der Waals surface area contributed by atoms with Crippen LogP contribution in [0.4, 0.5) is 0 Å². The molecule has 4 heterocycles. The van der Waals surface area contributed by atoms with Gasteiger partial charge in [-0.25, -0.2) is 15.0 Å². The molecule has 0 aliphatic rings. The van der Waals surface area contributed by atoms with Crippen LogP contribution in [0, 0.1) is 0 Å². The van der Waals surface area contributed by atoms with Gasteiger partial charge in [0.2, 0.25) is 0 Å². The van der Waals surface area contributed by atoms with E-state index < -0.39 is 0 Å². The molecule has 6 heteroatoms. The third-order valence-electron chi connectivity index (χ3n) is 10.4. The Hall–Kier alpha value is -6.86. The van der Waals surface area contributed by atoms with E-state index in [-0.39, 0.29) is 0 Å². The highest BCUT2D eigenvalue weighted by molar-refractivity contribution is 7.26. The van der Waals surface area contributed by atoms with Crippen molar-refractivity contribution in [2.45, 2.75) is 0 Å². The summed E-state index contributed by atoms with van der Waals surface area (Å²) in [5.41, 5.74) is 9.51. The van der Waals surface area contributed by atoms with Gasteiger partial charge in [-0.2, -0.15) is 0 Å². The molecule has 0 atom stereocenters. The molecular formula is C50H30N4S2. The molecule has 0 aliphatic carbocycles. The summed E-state index contributed by atoms with van der Waals surface area (Å²) in [5.74, 6) is 1.88. The van der Waals surface area contributed by atoms with Crippen molar-refractivity contribution in [1.82, 2.24) is 19.9 Å². The zero-order chi connectivity index (χ0) is 37.0. The van der Waals surface area contributed by atoms with Crippen LogP contribution in [-0.2, 0) is 0 Å². The van der Waals surface area contributed by atoms with Crippen LogP contribution >= 0.6 is 22.7 Å². The van der Waals surface area contributed by atoms with Crippen molar-refractivity contribution in [3.63, 3.8) is 0 Å². The summed E-state index contributed by atoms with van der Waals surface area (Å²) in [7, 11) is 0. The highest BCUT2D eigenvalue weighted by Gasteiger charge is 2.17. The van der Waals surface area contributed by atoms with Crippen molar-refractivity contribution in [3.05, 3.63) is 182 Å². The Bertz CT molecular complexity index is 3110. The fraction of sp³-hybridized carbons (Fsp3) is 0. The lowest BCUT2D eigenvalue weighted by Gasteiger charge is -2.13. The first-order valence-corrected chi connectivity index (χ1v) is 20.1. The van der Waals surface area contributed by atoms with Crippen LogP contribution in [0.25, 0.3) is 108 Å². The third kappa shape index (κ3) is 5.84. The molecule has 0 radical (unpaired) electrons. The highest BCUT2D eigenvalue weighted by atomic mass is 32.1. The van der Waals surface area contributed by atoms with E-state index >= 15 is 0 Å². The predicted octanol–water partition coefficient (Wildman–Crippen LogP) is 14.0. The second-order valence-electron chi connectivity index (χ2n) is 13.9. The second kappa shape index (κ2) is 13.5. The minimum Gasteiger partial charge on any atom is -0.265 e. The van der Waals surface area contributed by atoms with Gasteiger partial charge in [-0.05, 0) is 100 Å². The Kier molecular flexibility index (Phi) is 7.83. The van der Waals surface area contributed by atoms with Crippen molar-refractivity contribution in [2.24, 2.45) is 0 Å². The molecule has 0 N–H and O–H groups in total. The van der Waals surface area contributed by atoms with E-state index in [1.165, 1.54) is 40.3 Å². The van der Waals surface area contributed by atoms with Gasteiger partial charge in [-0.1, -0.05) is 103 Å². The van der Waals surface area contributed by atoms with E-state index in [0.29, 0.717) is 17.5 Å². The van der Waals surface area contributed by atoms with Crippen LogP contribution in [0.3, 0.4) is 0 Å². The van der Waals surface area contributed by atoms with Crippen molar-refractivity contribution < 1.29 is 0 Å². The molecule has 4 aromatic heterocycles. The summed E-state index contributed by atoms with van der Waals surface area (Å²) < 4.78 is 5.16. The molecule has 7 aromatic carbocycles. The molecule has 0 unspecified atom stereocenters. The summed E-state index contributed by atoms with van der Waals surface area (Å²) >= 11 is 3.68. The molecule has 0 saturated heterocycles. The monoisotopic (exact) mass is 750 g/mol. The van der Waals surface area contributed by atoms with E-state index in [0.717, 1.165) is 50.1 Å². The maximum Gasteiger partial charge on any atom is 0.164 e. The van der Waals surface area contributed by atoms with Gasteiger partial charge in [0.1, 0.15) is 0 Å². The van der Waals surface area contributed by atoms with Crippen molar-refractivity contribution in [1.29, 1.82) is 0 Å².